The lowest BCUT2D eigenvalue weighted by Gasteiger charge is -2.25. The van der Waals surface area contributed by atoms with Crippen LogP contribution >= 0.6 is 0 Å². The third-order valence-corrected chi connectivity index (χ3v) is 7.75. The Labute approximate surface area is 240 Å². The Morgan fingerprint density at radius 1 is 0.975 bits per heavy atom. The van der Waals surface area contributed by atoms with E-state index in [1.165, 1.54) is 44.1 Å². The average molecular weight is 553 g/mol. The summed E-state index contributed by atoms with van der Waals surface area (Å²) in [5.74, 6) is 1.02. The van der Waals surface area contributed by atoms with E-state index in [0.29, 0.717) is 44.4 Å². The molecule has 1 saturated carbocycles. The number of benzene rings is 2. The highest BCUT2D eigenvalue weighted by Crippen LogP contribution is 2.27. The Bertz CT molecular complexity index is 1020. The standard InChI is InChI=1S/C33H48N2O5/c1-4-39-31(32(36)37)24-27-13-19-30(20-14-27)40-23-22-35(21-9-8-12-26-10-6-5-7-11-26)33(38)34-29-17-15-28(16-18-29)25(2)3/h13-20,25-26,31H,4-12,21-24H2,1-3H3,(H,34,38)(H,36,37). The van der Waals surface area contributed by atoms with Gasteiger partial charge in [0.05, 0.1) is 6.54 Å². The van der Waals surface area contributed by atoms with Crippen LogP contribution in [0.3, 0.4) is 0 Å². The Morgan fingerprint density at radius 3 is 2.30 bits per heavy atom. The summed E-state index contributed by atoms with van der Waals surface area (Å²) < 4.78 is 11.3. The maximum atomic E-state index is 13.2. The van der Waals surface area contributed by atoms with Gasteiger partial charge in [-0.25, -0.2) is 9.59 Å². The molecule has 0 bridgehead atoms. The van der Waals surface area contributed by atoms with Crippen molar-refractivity contribution in [1.82, 2.24) is 4.90 Å². The van der Waals surface area contributed by atoms with Gasteiger partial charge in [-0.05, 0) is 60.6 Å². The van der Waals surface area contributed by atoms with Gasteiger partial charge < -0.3 is 24.8 Å². The van der Waals surface area contributed by atoms with Crippen molar-refractivity contribution in [2.75, 3.05) is 31.6 Å². The zero-order valence-corrected chi connectivity index (χ0v) is 24.6. The first-order valence-electron chi connectivity index (χ1n) is 15.1. The molecule has 40 heavy (non-hydrogen) atoms. The van der Waals surface area contributed by atoms with Gasteiger partial charge in [0, 0.05) is 25.3 Å². The highest BCUT2D eigenvalue weighted by atomic mass is 16.5. The Hall–Kier alpha value is -3.06. The molecule has 2 amide bonds. The van der Waals surface area contributed by atoms with Gasteiger partial charge in [-0.1, -0.05) is 83.1 Å². The van der Waals surface area contributed by atoms with E-state index in [2.05, 4.69) is 31.3 Å². The number of anilines is 1. The lowest BCUT2D eigenvalue weighted by Crippen LogP contribution is -2.38. The molecule has 7 heteroatoms. The fraction of sp³-hybridized carbons (Fsp3) is 0.576. The summed E-state index contributed by atoms with van der Waals surface area (Å²) in [5, 5.41) is 12.4. The largest absolute Gasteiger partial charge is 0.492 e. The normalized spacial score (nSPS) is 14.6. The van der Waals surface area contributed by atoms with Crippen molar-refractivity contribution in [3.8, 4) is 5.75 Å². The minimum Gasteiger partial charge on any atom is -0.492 e. The molecular formula is C33H48N2O5. The van der Waals surface area contributed by atoms with Gasteiger partial charge in [0.25, 0.3) is 0 Å². The Morgan fingerprint density at radius 2 is 1.68 bits per heavy atom. The van der Waals surface area contributed by atoms with Crippen LogP contribution in [0.5, 0.6) is 5.75 Å². The molecule has 1 aliphatic rings. The van der Waals surface area contributed by atoms with E-state index < -0.39 is 12.1 Å². The first kappa shape index (κ1) is 31.5. The van der Waals surface area contributed by atoms with Crippen LogP contribution in [0, 0.1) is 5.92 Å². The van der Waals surface area contributed by atoms with E-state index in [0.717, 1.165) is 30.0 Å². The monoisotopic (exact) mass is 552 g/mol. The van der Waals surface area contributed by atoms with Crippen LogP contribution in [-0.2, 0) is 16.0 Å². The molecule has 1 fully saturated rings. The Balaban J connectivity index is 1.52. The number of carbonyl (C=O) groups is 2. The second-order valence-corrected chi connectivity index (χ2v) is 11.2. The second kappa shape index (κ2) is 16.9. The van der Waals surface area contributed by atoms with Crippen molar-refractivity contribution >= 4 is 17.7 Å². The number of urea groups is 1. The van der Waals surface area contributed by atoms with Crippen molar-refractivity contribution in [2.45, 2.75) is 90.6 Å². The van der Waals surface area contributed by atoms with Crippen LogP contribution in [0.2, 0.25) is 0 Å². The van der Waals surface area contributed by atoms with Gasteiger partial charge in [0.2, 0.25) is 0 Å². The van der Waals surface area contributed by atoms with E-state index >= 15 is 0 Å². The number of nitrogens with one attached hydrogen (secondary N) is 1. The molecular weight excluding hydrogens is 504 g/mol. The molecule has 1 unspecified atom stereocenters. The van der Waals surface area contributed by atoms with E-state index in [1.807, 2.05) is 41.3 Å². The third-order valence-electron chi connectivity index (χ3n) is 7.75. The number of carboxylic acid groups (broad SMARTS) is 1. The minimum atomic E-state index is -0.963. The average Bonchev–Trinajstić information content (AvgIpc) is 2.95. The van der Waals surface area contributed by atoms with Crippen LogP contribution in [-0.4, -0.2) is 54.4 Å². The molecule has 0 aliphatic heterocycles. The first-order chi connectivity index (χ1) is 19.4. The molecule has 1 atom stereocenters. The second-order valence-electron chi connectivity index (χ2n) is 11.2. The van der Waals surface area contributed by atoms with Crippen molar-refractivity contribution in [2.24, 2.45) is 5.92 Å². The maximum Gasteiger partial charge on any atom is 0.333 e. The summed E-state index contributed by atoms with van der Waals surface area (Å²) in [5.41, 5.74) is 2.91. The molecule has 0 radical (unpaired) electrons. The summed E-state index contributed by atoms with van der Waals surface area (Å²) >= 11 is 0. The molecule has 2 aromatic rings. The predicted molar refractivity (Wildman–Crippen MR) is 160 cm³/mol. The van der Waals surface area contributed by atoms with Crippen LogP contribution in [0.25, 0.3) is 0 Å². The lowest BCUT2D eigenvalue weighted by molar-refractivity contribution is -0.149. The molecule has 2 N–H and O–H groups in total. The SMILES string of the molecule is CCOC(Cc1ccc(OCCN(CCCCC2CCCCC2)C(=O)Nc2ccc(C(C)C)cc2)cc1)C(=O)O. The summed E-state index contributed by atoms with van der Waals surface area (Å²) in [6, 6.07) is 15.4. The number of nitrogens with zero attached hydrogens (tertiary/aromatic N) is 1. The Kier molecular flexibility index (Phi) is 13.3. The van der Waals surface area contributed by atoms with Gasteiger partial charge >= 0.3 is 12.0 Å². The maximum absolute atomic E-state index is 13.2. The molecule has 0 aromatic heterocycles. The molecule has 0 saturated heterocycles. The molecule has 0 spiro atoms. The zero-order valence-electron chi connectivity index (χ0n) is 24.6. The van der Waals surface area contributed by atoms with Gasteiger partial charge in [0.15, 0.2) is 6.10 Å². The topological polar surface area (TPSA) is 88.1 Å². The highest BCUT2D eigenvalue weighted by molar-refractivity contribution is 5.89. The summed E-state index contributed by atoms with van der Waals surface area (Å²) in [6.45, 7) is 8.00. The van der Waals surface area contributed by atoms with Crippen molar-refractivity contribution in [1.29, 1.82) is 0 Å². The number of carboxylic acids is 1. The molecule has 7 nitrogen and oxygen atoms in total. The predicted octanol–water partition coefficient (Wildman–Crippen LogP) is 7.51. The number of rotatable bonds is 16. The number of hydrogen-bond acceptors (Lipinski definition) is 4. The van der Waals surface area contributed by atoms with Crippen LogP contribution in [0.15, 0.2) is 48.5 Å². The van der Waals surface area contributed by atoms with Crippen molar-refractivity contribution in [3.63, 3.8) is 0 Å². The van der Waals surface area contributed by atoms with Crippen molar-refractivity contribution < 1.29 is 24.2 Å². The minimum absolute atomic E-state index is 0.107. The van der Waals surface area contributed by atoms with E-state index in [4.69, 9.17) is 9.47 Å². The fourth-order valence-corrected chi connectivity index (χ4v) is 5.31. The molecule has 1 aliphatic carbocycles. The number of aliphatic carboxylic acids is 1. The number of ether oxygens (including phenoxy) is 2. The number of amides is 2. The van der Waals surface area contributed by atoms with Crippen LogP contribution in [0.4, 0.5) is 10.5 Å². The van der Waals surface area contributed by atoms with E-state index in [1.54, 1.807) is 6.92 Å². The van der Waals surface area contributed by atoms with Gasteiger partial charge in [-0.3, -0.25) is 0 Å². The van der Waals surface area contributed by atoms with Gasteiger partial charge in [-0.2, -0.15) is 0 Å². The zero-order chi connectivity index (χ0) is 28.7. The summed E-state index contributed by atoms with van der Waals surface area (Å²) in [7, 11) is 0. The van der Waals surface area contributed by atoms with Crippen molar-refractivity contribution in [3.05, 3.63) is 59.7 Å². The lowest BCUT2D eigenvalue weighted by atomic mass is 9.86. The fourth-order valence-electron chi connectivity index (χ4n) is 5.31. The van der Waals surface area contributed by atoms with Crippen LogP contribution < -0.4 is 10.1 Å². The van der Waals surface area contributed by atoms with E-state index in [9.17, 15) is 14.7 Å². The molecule has 0 heterocycles. The van der Waals surface area contributed by atoms with Gasteiger partial charge in [-0.15, -0.1) is 0 Å². The number of carbonyl (C=O) groups excluding carboxylic acids is 1. The molecule has 3 rings (SSSR count). The first-order valence-corrected chi connectivity index (χ1v) is 15.1. The highest BCUT2D eigenvalue weighted by Gasteiger charge is 2.18. The smallest absolute Gasteiger partial charge is 0.333 e. The number of unbranched alkanes of at least 4 members (excludes halogenated alkanes) is 1. The molecule has 220 valence electrons. The third kappa shape index (κ3) is 10.8. The van der Waals surface area contributed by atoms with Gasteiger partial charge in [0.1, 0.15) is 12.4 Å². The van der Waals surface area contributed by atoms with E-state index in [-0.39, 0.29) is 6.03 Å². The summed E-state index contributed by atoms with van der Waals surface area (Å²) in [6.07, 6.45) is 9.62. The quantitative estimate of drug-likeness (QED) is 0.211. The van der Waals surface area contributed by atoms with Crippen LogP contribution in [0.1, 0.15) is 89.2 Å². The summed E-state index contributed by atoms with van der Waals surface area (Å²) in [4.78, 5) is 26.4. The number of hydrogen-bond donors (Lipinski definition) is 2. The molecule has 2 aromatic carbocycles.